The molecular weight excluding hydrogens is 244 g/mol. The smallest absolute Gasteiger partial charge is 0.347 e. The maximum atomic E-state index is 11.8. The van der Waals surface area contributed by atoms with Crippen LogP contribution < -0.4 is 10.3 Å². The van der Waals surface area contributed by atoms with Crippen LogP contribution in [0.5, 0.6) is 5.75 Å². The van der Waals surface area contributed by atoms with Crippen molar-refractivity contribution in [2.24, 2.45) is 0 Å². The summed E-state index contributed by atoms with van der Waals surface area (Å²) in [6.45, 7) is 2.10. The standard InChI is InChI=1S/C10H10N2O4S/c1-3-16-7-5(10(14)15-2)8(13)12-9-6(7)11-4-17-9/h4H,3H2,1-2H3,(H,12,13). The van der Waals surface area contributed by atoms with E-state index in [4.69, 9.17) is 4.74 Å². The molecule has 2 heterocycles. The van der Waals surface area contributed by atoms with Crippen molar-refractivity contribution in [2.45, 2.75) is 6.92 Å². The molecule has 0 spiro atoms. The maximum absolute atomic E-state index is 11.8. The Bertz CT molecular complexity index is 616. The predicted octanol–water partition coefficient (Wildman–Crippen LogP) is 1.17. The Morgan fingerprint density at radius 3 is 3.00 bits per heavy atom. The molecule has 0 saturated carbocycles. The number of esters is 1. The molecule has 6 nitrogen and oxygen atoms in total. The van der Waals surface area contributed by atoms with Gasteiger partial charge in [-0.05, 0) is 6.92 Å². The van der Waals surface area contributed by atoms with E-state index >= 15 is 0 Å². The molecule has 2 aromatic heterocycles. The van der Waals surface area contributed by atoms with Crippen LogP contribution >= 0.6 is 11.3 Å². The van der Waals surface area contributed by atoms with Gasteiger partial charge in [-0.15, -0.1) is 11.3 Å². The maximum Gasteiger partial charge on any atom is 0.347 e. The molecular formula is C10H10N2O4S. The van der Waals surface area contributed by atoms with E-state index in [0.29, 0.717) is 17.0 Å². The Morgan fingerprint density at radius 2 is 2.35 bits per heavy atom. The van der Waals surface area contributed by atoms with Crippen LogP contribution in [0.2, 0.25) is 0 Å². The number of hydrogen-bond donors (Lipinski definition) is 1. The van der Waals surface area contributed by atoms with E-state index in [9.17, 15) is 9.59 Å². The highest BCUT2D eigenvalue weighted by atomic mass is 32.1. The van der Waals surface area contributed by atoms with Gasteiger partial charge in [0.2, 0.25) is 0 Å². The van der Waals surface area contributed by atoms with Crippen LogP contribution in [0.3, 0.4) is 0 Å². The molecule has 0 fully saturated rings. The number of rotatable bonds is 3. The molecule has 90 valence electrons. The number of aromatic amines is 1. The normalized spacial score (nSPS) is 10.5. The average molecular weight is 254 g/mol. The number of methoxy groups -OCH3 is 1. The van der Waals surface area contributed by atoms with E-state index in [1.54, 1.807) is 12.4 Å². The number of thiazole rings is 1. The summed E-state index contributed by atoms with van der Waals surface area (Å²) in [6, 6.07) is 0. The van der Waals surface area contributed by atoms with Crippen LogP contribution in [0.25, 0.3) is 10.3 Å². The topological polar surface area (TPSA) is 81.3 Å². The summed E-state index contributed by atoms with van der Waals surface area (Å²) in [5.74, 6) is -0.552. The lowest BCUT2D eigenvalue weighted by Gasteiger charge is -2.08. The van der Waals surface area contributed by atoms with Gasteiger partial charge in [0.05, 0.1) is 19.2 Å². The molecule has 0 aliphatic heterocycles. The summed E-state index contributed by atoms with van der Waals surface area (Å²) in [5, 5.41) is 0. The summed E-state index contributed by atoms with van der Waals surface area (Å²) in [4.78, 5) is 30.5. The molecule has 7 heteroatoms. The number of hydrogen-bond acceptors (Lipinski definition) is 6. The highest BCUT2D eigenvalue weighted by Gasteiger charge is 2.22. The molecule has 1 N–H and O–H groups in total. The zero-order valence-electron chi connectivity index (χ0n) is 9.27. The fourth-order valence-corrected chi connectivity index (χ4v) is 2.13. The molecule has 2 aromatic rings. The fraction of sp³-hybridized carbons (Fsp3) is 0.300. The number of fused-ring (bicyclic) bond motifs is 1. The van der Waals surface area contributed by atoms with Crippen molar-refractivity contribution in [1.29, 1.82) is 0 Å². The molecule has 0 aliphatic carbocycles. The second-order valence-electron chi connectivity index (χ2n) is 3.11. The van der Waals surface area contributed by atoms with Crippen molar-refractivity contribution in [3.05, 3.63) is 21.4 Å². The minimum atomic E-state index is -0.732. The molecule has 0 atom stereocenters. The van der Waals surface area contributed by atoms with Gasteiger partial charge in [-0.25, -0.2) is 9.78 Å². The Labute approximate surface area is 100 Å². The Kier molecular flexibility index (Phi) is 3.10. The van der Waals surface area contributed by atoms with Gasteiger partial charge in [0.25, 0.3) is 5.56 Å². The minimum Gasteiger partial charge on any atom is -0.490 e. The molecule has 0 radical (unpaired) electrons. The molecule has 2 rings (SSSR count). The van der Waals surface area contributed by atoms with Gasteiger partial charge in [-0.2, -0.15) is 0 Å². The first-order chi connectivity index (χ1) is 8.19. The summed E-state index contributed by atoms with van der Waals surface area (Å²) in [6.07, 6.45) is 0. The minimum absolute atomic E-state index is 0.146. The van der Waals surface area contributed by atoms with E-state index in [1.807, 2.05) is 0 Å². The van der Waals surface area contributed by atoms with Gasteiger partial charge in [-0.1, -0.05) is 0 Å². The largest absolute Gasteiger partial charge is 0.490 e. The third-order valence-electron chi connectivity index (χ3n) is 2.14. The molecule has 0 amide bonds. The number of nitrogens with zero attached hydrogens (tertiary/aromatic N) is 1. The summed E-state index contributed by atoms with van der Waals surface area (Å²) >= 11 is 1.27. The first-order valence-electron chi connectivity index (χ1n) is 4.89. The number of carbonyl (C=O) groups is 1. The third-order valence-corrected chi connectivity index (χ3v) is 2.88. The third kappa shape index (κ3) is 1.89. The van der Waals surface area contributed by atoms with Crippen molar-refractivity contribution < 1.29 is 14.3 Å². The quantitative estimate of drug-likeness (QED) is 0.831. The predicted molar refractivity (Wildman–Crippen MR) is 62.7 cm³/mol. The zero-order valence-corrected chi connectivity index (χ0v) is 10.1. The number of nitrogens with one attached hydrogen (secondary N) is 1. The number of H-pyrrole nitrogens is 1. The van der Waals surface area contributed by atoms with Gasteiger partial charge in [0, 0.05) is 0 Å². The summed E-state index contributed by atoms with van der Waals surface area (Å²) in [5.41, 5.74) is 1.37. The molecule has 0 bridgehead atoms. The second-order valence-corrected chi connectivity index (χ2v) is 3.97. The first kappa shape index (κ1) is 11.6. The lowest BCUT2D eigenvalue weighted by Crippen LogP contribution is -2.20. The van der Waals surface area contributed by atoms with Gasteiger partial charge in [0.1, 0.15) is 10.3 Å². The van der Waals surface area contributed by atoms with Crippen LogP contribution in [-0.4, -0.2) is 29.7 Å². The average Bonchev–Trinajstić information content (AvgIpc) is 2.76. The zero-order chi connectivity index (χ0) is 12.4. The lowest BCUT2D eigenvalue weighted by atomic mass is 10.2. The number of aromatic nitrogens is 2. The lowest BCUT2D eigenvalue weighted by molar-refractivity contribution is 0.0594. The number of ether oxygens (including phenoxy) is 2. The van der Waals surface area contributed by atoms with Crippen LogP contribution in [0.4, 0.5) is 0 Å². The van der Waals surface area contributed by atoms with Crippen molar-refractivity contribution in [3.63, 3.8) is 0 Å². The van der Waals surface area contributed by atoms with Crippen LogP contribution in [-0.2, 0) is 4.74 Å². The van der Waals surface area contributed by atoms with Crippen molar-refractivity contribution in [2.75, 3.05) is 13.7 Å². The monoisotopic (exact) mass is 254 g/mol. The number of carbonyl (C=O) groups excluding carboxylic acids is 1. The van der Waals surface area contributed by atoms with Crippen molar-refractivity contribution in [1.82, 2.24) is 9.97 Å². The van der Waals surface area contributed by atoms with Gasteiger partial charge in [-0.3, -0.25) is 4.79 Å². The molecule has 17 heavy (non-hydrogen) atoms. The van der Waals surface area contributed by atoms with Crippen LogP contribution in [0.15, 0.2) is 10.3 Å². The SMILES string of the molecule is CCOc1c(C(=O)OC)c(=O)[nH]c2scnc12. The molecule has 0 aliphatic rings. The molecule has 0 unspecified atom stereocenters. The van der Waals surface area contributed by atoms with E-state index in [2.05, 4.69) is 14.7 Å². The summed E-state index contributed by atoms with van der Waals surface area (Å²) < 4.78 is 9.90. The highest BCUT2D eigenvalue weighted by molar-refractivity contribution is 7.16. The van der Waals surface area contributed by atoms with Crippen LogP contribution in [0, 0.1) is 0 Å². The van der Waals surface area contributed by atoms with E-state index in [1.165, 1.54) is 18.4 Å². The van der Waals surface area contributed by atoms with E-state index in [0.717, 1.165) is 0 Å². The van der Waals surface area contributed by atoms with Crippen molar-refractivity contribution >= 4 is 27.7 Å². The van der Waals surface area contributed by atoms with E-state index in [-0.39, 0.29) is 11.3 Å². The highest BCUT2D eigenvalue weighted by Crippen LogP contribution is 2.27. The summed E-state index contributed by atoms with van der Waals surface area (Å²) in [7, 11) is 1.21. The second kappa shape index (κ2) is 4.54. The first-order valence-corrected chi connectivity index (χ1v) is 5.77. The molecule has 0 saturated heterocycles. The van der Waals surface area contributed by atoms with Gasteiger partial charge in [0.15, 0.2) is 11.3 Å². The van der Waals surface area contributed by atoms with Crippen LogP contribution in [0.1, 0.15) is 17.3 Å². The number of pyridine rings is 1. The Hall–Kier alpha value is -1.89. The Balaban J connectivity index is 2.78. The van der Waals surface area contributed by atoms with Crippen molar-refractivity contribution in [3.8, 4) is 5.75 Å². The molecule has 0 aromatic carbocycles. The van der Waals surface area contributed by atoms with Gasteiger partial charge >= 0.3 is 5.97 Å². The Morgan fingerprint density at radius 1 is 1.59 bits per heavy atom. The van der Waals surface area contributed by atoms with Gasteiger partial charge < -0.3 is 14.5 Å². The van der Waals surface area contributed by atoms with E-state index < -0.39 is 11.5 Å². The fourth-order valence-electron chi connectivity index (χ4n) is 1.46.